The Morgan fingerprint density at radius 1 is 1.53 bits per heavy atom. The predicted molar refractivity (Wildman–Crippen MR) is 59.0 cm³/mol. The summed E-state index contributed by atoms with van der Waals surface area (Å²) in [5.74, 6) is -0.326. The number of carbonyl (C=O) groups is 1. The van der Waals surface area contributed by atoms with Gasteiger partial charge in [0, 0.05) is 12.7 Å². The lowest BCUT2D eigenvalue weighted by Crippen LogP contribution is -2.39. The molecule has 5 nitrogen and oxygen atoms in total. The third-order valence-corrected chi connectivity index (χ3v) is 3.14. The van der Waals surface area contributed by atoms with Gasteiger partial charge in [0.25, 0.3) is 0 Å². The molecule has 0 radical (unpaired) electrons. The van der Waals surface area contributed by atoms with Crippen molar-refractivity contribution < 1.29 is 23.1 Å². The van der Waals surface area contributed by atoms with E-state index >= 15 is 0 Å². The highest BCUT2D eigenvalue weighted by atomic mass is 19.4. The van der Waals surface area contributed by atoms with Gasteiger partial charge in [-0.25, -0.2) is 0 Å². The number of aliphatic hydroxyl groups excluding tert-OH is 1. The smallest absolute Gasteiger partial charge is 0.394 e. The van der Waals surface area contributed by atoms with Crippen LogP contribution >= 0.6 is 0 Å². The molecule has 106 valence electrons. The number of nitrogens with zero attached hydrogens (tertiary/aromatic N) is 3. The summed E-state index contributed by atoms with van der Waals surface area (Å²) in [5.41, 5.74) is -1.01. The first-order valence-electron chi connectivity index (χ1n) is 5.93. The van der Waals surface area contributed by atoms with Crippen LogP contribution in [0.3, 0.4) is 0 Å². The van der Waals surface area contributed by atoms with Crippen LogP contribution in [0, 0.1) is 0 Å². The third-order valence-electron chi connectivity index (χ3n) is 3.14. The van der Waals surface area contributed by atoms with Gasteiger partial charge in [0.2, 0.25) is 5.91 Å². The molecule has 0 saturated carbocycles. The molecular formula is C11H14F3N3O2. The maximum Gasteiger partial charge on any atom is 0.435 e. The summed E-state index contributed by atoms with van der Waals surface area (Å²) in [4.78, 5) is 13.4. The van der Waals surface area contributed by atoms with Gasteiger partial charge in [0.1, 0.15) is 6.54 Å². The molecule has 0 aliphatic carbocycles. The molecule has 1 aromatic heterocycles. The van der Waals surface area contributed by atoms with Crippen LogP contribution in [-0.4, -0.2) is 44.9 Å². The molecule has 0 spiro atoms. The Labute approximate surface area is 107 Å². The highest BCUT2D eigenvalue weighted by Crippen LogP contribution is 2.27. The Morgan fingerprint density at radius 3 is 2.84 bits per heavy atom. The zero-order valence-corrected chi connectivity index (χ0v) is 10.1. The first-order chi connectivity index (χ1) is 8.91. The fraction of sp³-hybridized carbons (Fsp3) is 0.636. The molecule has 8 heteroatoms. The van der Waals surface area contributed by atoms with E-state index in [0.717, 1.165) is 29.8 Å². The minimum Gasteiger partial charge on any atom is -0.394 e. The average Bonchev–Trinajstić information content (AvgIpc) is 2.95. The van der Waals surface area contributed by atoms with Crippen LogP contribution in [0.2, 0.25) is 0 Å². The third kappa shape index (κ3) is 3.06. The monoisotopic (exact) mass is 277 g/mol. The van der Waals surface area contributed by atoms with Crippen LogP contribution in [-0.2, 0) is 17.5 Å². The summed E-state index contributed by atoms with van der Waals surface area (Å²) in [6.07, 6.45) is -1.86. The SMILES string of the molecule is O=C(Cn1ccc(C(F)(F)F)n1)N1CCC[C@@H]1CO. The first-order valence-corrected chi connectivity index (χ1v) is 5.93. The second-order valence-electron chi connectivity index (χ2n) is 4.46. The lowest BCUT2D eigenvalue weighted by Gasteiger charge is -2.22. The van der Waals surface area contributed by atoms with E-state index in [0.29, 0.717) is 6.54 Å². The number of halogens is 3. The van der Waals surface area contributed by atoms with Gasteiger partial charge in [-0.3, -0.25) is 9.48 Å². The van der Waals surface area contributed by atoms with Crippen LogP contribution in [0.25, 0.3) is 0 Å². The van der Waals surface area contributed by atoms with Crippen molar-refractivity contribution in [3.05, 3.63) is 18.0 Å². The minimum absolute atomic E-state index is 0.126. The van der Waals surface area contributed by atoms with Crippen molar-refractivity contribution in [2.75, 3.05) is 13.2 Å². The lowest BCUT2D eigenvalue weighted by atomic mass is 10.2. The summed E-state index contributed by atoms with van der Waals surface area (Å²) >= 11 is 0. The molecule has 1 aromatic rings. The Balaban J connectivity index is 2.01. The molecule has 1 saturated heterocycles. The number of hydrogen-bond donors (Lipinski definition) is 1. The maximum absolute atomic E-state index is 12.4. The van der Waals surface area contributed by atoms with E-state index in [1.165, 1.54) is 4.90 Å². The van der Waals surface area contributed by atoms with E-state index in [1.54, 1.807) is 0 Å². The maximum atomic E-state index is 12.4. The molecule has 1 aliphatic heterocycles. The topological polar surface area (TPSA) is 58.4 Å². The standard InChI is InChI=1S/C11H14F3N3O2/c12-11(13,14)9-3-5-16(15-9)6-10(19)17-4-1-2-8(17)7-18/h3,5,8,18H,1-2,4,6-7H2/t8-/m1/s1. The van der Waals surface area contributed by atoms with Crippen molar-refractivity contribution >= 4 is 5.91 Å². The average molecular weight is 277 g/mol. The lowest BCUT2D eigenvalue weighted by molar-refractivity contribution is -0.142. The van der Waals surface area contributed by atoms with Gasteiger partial charge < -0.3 is 10.0 Å². The Hall–Kier alpha value is -1.57. The quantitative estimate of drug-likeness (QED) is 0.892. The van der Waals surface area contributed by atoms with Gasteiger partial charge in [-0.05, 0) is 18.9 Å². The Kier molecular flexibility index (Phi) is 3.79. The zero-order valence-electron chi connectivity index (χ0n) is 10.1. The number of alkyl halides is 3. The highest BCUT2D eigenvalue weighted by Gasteiger charge is 2.34. The fourth-order valence-corrected chi connectivity index (χ4v) is 2.18. The number of hydrogen-bond acceptors (Lipinski definition) is 3. The molecule has 2 heterocycles. The Morgan fingerprint density at radius 2 is 2.26 bits per heavy atom. The summed E-state index contributed by atoms with van der Waals surface area (Å²) in [6.45, 7) is 0.155. The van der Waals surface area contributed by atoms with Crippen LogP contribution < -0.4 is 0 Å². The Bertz CT molecular complexity index is 458. The van der Waals surface area contributed by atoms with E-state index < -0.39 is 11.9 Å². The number of aromatic nitrogens is 2. The molecule has 0 aromatic carbocycles. The van der Waals surface area contributed by atoms with Gasteiger partial charge in [0.15, 0.2) is 5.69 Å². The van der Waals surface area contributed by atoms with E-state index in [9.17, 15) is 18.0 Å². The highest BCUT2D eigenvalue weighted by molar-refractivity contribution is 5.76. The van der Waals surface area contributed by atoms with Crippen molar-refractivity contribution in [3.8, 4) is 0 Å². The van der Waals surface area contributed by atoms with Crippen LogP contribution in [0.5, 0.6) is 0 Å². The largest absolute Gasteiger partial charge is 0.435 e. The minimum atomic E-state index is -4.50. The molecular weight excluding hydrogens is 263 g/mol. The van der Waals surface area contributed by atoms with Crippen molar-refractivity contribution in [1.82, 2.24) is 14.7 Å². The summed E-state index contributed by atoms with van der Waals surface area (Å²) in [7, 11) is 0. The molecule has 0 unspecified atom stereocenters. The molecule has 1 aliphatic rings. The van der Waals surface area contributed by atoms with Crippen molar-refractivity contribution in [1.29, 1.82) is 0 Å². The predicted octanol–water partition coefficient (Wildman–Crippen LogP) is 0.885. The molecule has 1 atom stereocenters. The van der Waals surface area contributed by atoms with Crippen LogP contribution in [0.15, 0.2) is 12.3 Å². The molecule has 1 N–H and O–H groups in total. The second-order valence-corrected chi connectivity index (χ2v) is 4.46. The number of rotatable bonds is 3. The van der Waals surface area contributed by atoms with Crippen molar-refractivity contribution in [3.63, 3.8) is 0 Å². The summed E-state index contributed by atoms with van der Waals surface area (Å²) in [6, 6.07) is 0.603. The van der Waals surface area contributed by atoms with E-state index in [2.05, 4.69) is 5.10 Å². The molecule has 1 amide bonds. The summed E-state index contributed by atoms with van der Waals surface area (Å²) in [5, 5.41) is 12.4. The van der Waals surface area contributed by atoms with Gasteiger partial charge in [0.05, 0.1) is 12.6 Å². The van der Waals surface area contributed by atoms with E-state index in [4.69, 9.17) is 5.11 Å². The molecule has 19 heavy (non-hydrogen) atoms. The molecule has 0 bridgehead atoms. The van der Waals surface area contributed by atoms with Gasteiger partial charge in [-0.1, -0.05) is 0 Å². The number of amides is 1. The normalized spacial score (nSPS) is 20.0. The van der Waals surface area contributed by atoms with Crippen molar-refractivity contribution in [2.45, 2.75) is 31.6 Å². The molecule has 1 fully saturated rings. The molecule has 2 rings (SSSR count). The zero-order chi connectivity index (χ0) is 14.0. The number of aliphatic hydroxyl groups is 1. The van der Waals surface area contributed by atoms with Gasteiger partial charge in [-0.2, -0.15) is 18.3 Å². The fourth-order valence-electron chi connectivity index (χ4n) is 2.18. The van der Waals surface area contributed by atoms with Crippen LogP contribution in [0.4, 0.5) is 13.2 Å². The van der Waals surface area contributed by atoms with Gasteiger partial charge in [-0.15, -0.1) is 0 Å². The first kappa shape index (κ1) is 13.9. The van der Waals surface area contributed by atoms with Crippen molar-refractivity contribution in [2.24, 2.45) is 0 Å². The number of carbonyl (C=O) groups excluding carboxylic acids is 1. The number of likely N-dealkylation sites (tertiary alicyclic amines) is 1. The van der Waals surface area contributed by atoms with E-state index in [1.807, 2.05) is 0 Å². The van der Waals surface area contributed by atoms with Gasteiger partial charge >= 0.3 is 6.18 Å². The second kappa shape index (κ2) is 5.20. The summed E-state index contributed by atoms with van der Waals surface area (Å²) < 4.78 is 38.0. The van der Waals surface area contributed by atoms with E-state index in [-0.39, 0.29) is 25.1 Å². The van der Waals surface area contributed by atoms with Crippen LogP contribution in [0.1, 0.15) is 18.5 Å².